The van der Waals surface area contributed by atoms with Gasteiger partial charge in [0.05, 0.1) is 0 Å². The van der Waals surface area contributed by atoms with Gasteiger partial charge in [-0.3, -0.25) is 0 Å². The second-order valence-corrected chi connectivity index (χ2v) is 5.04. The first kappa shape index (κ1) is 13.4. The molecule has 0 radical (unpaired) electrons. The molecule has 0 aliphatic rings. The fraction of sp³-hybridized carbons (Fsp3) is 0.158. The van der Waals surface area contributed by atoms with Crippen LogP contribution >= 0.6 is 0 Å². The molecule has 0 atom stereocenters. The van der Waals surface area contributed by atoms with Crippen LogP contribution in [-0.4, -0.2) is 0 Å². The van der Waals surface area contributed by atoms with E-state index in [-0.39, 0.29) is 0 Å². The van der Waals surface area contributed by atoms with Gasteiger partial charge >= 0.3 is 0 Å². The van der Waals surface area contributed by atoms with Crippen LogP contribution in [0.1, 0.15) is 26.3 Å². The Morgan fingerprint density at radius 1 is 0.737 bits per heavy atom. The highest BCUT2D eigenvalue weighted by molar-refractivity contribution is 5.72. The standard InChI is InChI=1S/C19H20/c1-15(2)12-13-16(3)18-10-7-11-19(14-18)17-8-5-4-6-9-17/h4-14H,1-3H3/b16-13+. The Labute approximate surface area is 116 Å². The normalized spacial score (nSPS) is 11.2. The van der Waals surface area contributed by atoms with Crippen LogP contribution in [0.5, 0.6) is 0 Å². The second-order valence-electron chi connectivity index (χ2n) is 5.04. The zero-order valence-corrected chi connectivity index (χ0v) is 11.9. The van der Waals surface area contributed by atoms with Crippen molar-refractivity contribution in [1.29, 1.82) is 0 Å². The van der Waals surface area contributed by atoms with Crippen LogP contribution in [0.4, 0.5) is 0 Å². The zero-order valence-electron chi connectivity index (χ0n) is 11.9. The lowest BCUT2D eigenvalue weighted by Gasteiger charge is -2.06. The van der Waals surface area contributed by atoms with Crippen molar-refractivity contribution in [2.45, 2.75) is 20.8 Å². The molecular weight excluding hydrogens is 228 g/mol. The van der Waals surface area contributed by atoms with Gasteiger partial charge in [0.2, 0.25) is 0 Å². The highest BCUT2D eigenvalue weighted by Gasteiger charge is 1.99. The molecule has 0 bridgehead atoms. The maximum Gasteiger partial charge on any atom is -0.0178 e. The first-order valence-corrected chi connectivity index (χ1v) is 6.64. The van der Waals surface area contributed by atoms with E-state index in [1.165, 1.54) is 27.8 Å². The average Bonchev–Trinajstić information content (AvgIpc) is 2.46. The Balaban J connectivity index is 2.35. The van der Waals surface area contributed by atoms with Crippen LogP contribution in [0.25, 0.3) is 16.7 Å². The van der Waals surface area contributed by atoms with E-state index in [9.17, 15) is 0 Å². The van der Waals surface area contributed by atoms with Gasteiger partial charge < -0.3 is 0 Å². The molecule has 0 heteroatoms. The van der Waals surface area contributed by atoms with Crippen LogP contribution in [-0.2, 0) is 0 Å². The molecule has 0 N–H and O–H groups in total. The number of hydrogen-bond acceptors (Lipinski definition) is 0. The molecule has 0 aliphatic heterocycles. The van der Waals surface area contributed by atoms with Gasteiger partial charge in [-0.2, -0.15) is 0 Å². The van der Waals surface area contributed by atoms with Gasteiger partial charge in [-0.15, -0.1) is 0 Å². The second kappa shape index (κ2) is 6.19. The van der Waals surface area contributed by atoms with E-state index in [1.54, 1.807) is 0 Å². The number of hydrogen-bond donors (Lipinski definition) is 0. The average molecular weight is 248 g/mol. The van der Waals surface area contributed by atoms with Crippen molar-refractivity contribution < 1.29 is 0 Å². The van der Waals surface area contributed by atoms with Crippen molar-refractivity contribution in [2.24, 2.45) is 0 Å². The smallest absolute Gasteiger partial charge is 0.0178 e. The molecule has 19 heavy (non-hydrogen) atoms. The summed E-state index contributed by atoms with van der Waals surface area (Å²) in [7, 11) is 0. The third-order valence-corrected chi connectivity index (χ3v) is 3.09. The van der Waals surface area contributed by atoms with Crippen LogP contribution in [0, 0.1) is 0 Å². The van der Waals surface area contributed by atoms with Gasteiger partial charge in [0.25, 0.3) is 0 Å². The molecule has 0 spiro atoms. The summed E-state index contributed by atoms with van der Waals surface area (Å²) in [4.78, 5) is 0. The third-order valence-electron chi connectivity index (χ3n) is 3.09. The predicted molar refractivity (Wildman–Crippen MR) is 85.0 cm³/mol. The summed E-state index contributed by atoms with van der Waals surface area (Å²) in [6.45, 7) is 6.39. The van der Waals surface area contributed by atoms with Gasteiger partial charge in [0.15, 0.2) is 0 Å². The summed E-state index contributed by atoms with van der Waals surface area (Å²) in [6, 6.07) is 19.2. The lowest BCUT2D eigenvalue weighted by molar-refractivity contribution is 1.39. The van der Waals surface area contributed by atoms with E-state index in [0.29, 0.717) is 0 Å². The summed E-state index contributed by atoms with van der Waals surface area (Å²) in [5, 5.41) is 0. The molecule has 2 aromatic rings. The van der Waals surface area contributed by atoms with Gasteiger partial charge in [-0.25, -0.2) is 0 Å². The molecule has 0 amide bonds. The Hall–Kier alpha value is -2.08. The summed E-state index contributed by atoms with van der Waals surface area (Å²) in [5.74, 6) is 0. The lowest BCUT2D eigenvalue weighted by atomic mass is 9.99. The number of benzene rings is 2. The highest BCUT2D eigenvalue weighted by Crippen LogP contribution is 2.23. The van der Waals surface area contributed by atoms with Gasteiger partial charge in [0, 0.05) is 0 Å². The van der Waals surface area contributed by atoms with Crippen molar-refractivity contribution in [3.8, 4) is 11.1 Å². The van der Waals surface area contributed by atoms with Crippen LogP contribution in [0.2, 0.25) is 0 Å². The highest BCUT2D eigenvalue weighted by atomic mass is 14.0. The van der Waals surface area contributed by atoms with Gasteiger partial charge in [-0.1, -0.05) is 66.3 Å². The molecule has 0 aliphatic carbocycles. The number of allylic oxidation sites excluding steroid dienone is 4. The quantitative estimate of drug-likeness (QED) is 0.609. The van der Waals surface area contributed by atoms with E-state index < -0.39 is 0 Å². The molecule has 0 saturated heterocycles. The Kier molecular flexibility index (Phi) is 4.35. The van der Waals surface area contributed by atoms with E-state index >= 15 is 0 Å². The predicted octanol–water partition coefficient (Wildman–Crippen LogP) is 5.72. The lowest BCUT2D eigenvalue weighted by Crippen LogP contribution is -1.82. The maximum absolute atomic E-state index is 2.25. The topological polar surface area (TPSA) is 0 Å². The molecule has 2 rings (SSSR count). The molecule has 96 valence electrons. The third kappa shape index (κ3) is 3.69. The molecule has 0 fully saturated rings. The Bertz CT molecular complexity index is 597. The van der Waals surface area contributed by atoms with Crippen molar-refractivity contribution >= 4 is 5.57 Å². The van der Waals surface area contributed by atoms with E-state index in [1.807, 2.05) is 6.07 Å². The van der Waals surface area contributed by atoms with Crippen LogP contribution < -0.4 is 0 Å². The molecule has 0 heterocycles. The summed E-state index contributed by atoms with van der Waals surface area (Å²) < 4.78 is 0. The van der Waals surface area contributed by atoms with E-state index in [2.05, 4.69) is 81.5 Å². The maximum atomic E-state index is 2.25. The number of rotatable bonds is 3. The molecular formula is C19H20. The molecule has 0 nitrogen and oxygen atoms in total. The monoisotopic (exact) mass is 248 g/mol. The Morgan fingerprint density at radius 3 is 2.11 bits per heavy atom. The fourth-order valence-corrected chi connectivity index (χ4v) is 1.96. The molecule has 0 aromatic heterocycles. The van der Waals surface area contributed by atoms with E-state index in [4.69, 9.17) is 0 Å². The molecule has 2 aromatic carbocycles. The SMILES string of the molecule is CC(C)=C/C=C(\C)c1cccc(-c2ccccc2)c1. The van der Waals surface area contributed by atoms with Crippen LogP contribution in [0.15, 0.2) is 72.3 Å². The minimum atomic E-state index is 1.26. The van der Waals surface area contributed by atoms with Crippen molar-refractivity contribution in [2.75, 3.05) is 0 Å². The molecule has 0 unspecified atom stereocenters. The molecule has 0 saturated carbocycles. The van der Waals surface area contributed by atoms with E-state index in [0.717, 1.165) is 0 Å². The largest absolute Gasteiger partial charge is 0.0764 e. The van der Waals surface area contributed by atoms with Gasteiger partial charge in [-0.05, 0) is 49.1 Å². The van der Waals surface area contributed by atoms with Crippen molar-refractivity contribution in [3.05, 3.63) is 77.9 Å². The van der Waals surface area contributed by atoms with Crippen LogP contribution in [0.3, 0.4) is 0 Å². The first-order valence-electron chi connectivity index (χ1n) is 6.64. The summed E-state index contributed by atoms with van der Waals surface area (Å²) in [6.07, 6.45) is 4.34. The fourth-order valence-electron chi connectivity index (χ4n) is 1.96. The van der Waals surface area contributed by atoms with Gasteiger partial charge in [0.1, 0.15) is 0 Å². The summed E-state index contributed by atoms with van der Waals surface area (Å²) in [5.41, 5.74) is 6.42. The van der Waals surface area contributed by atoms with Crippen molar-refractivity contribution in [3.63, 3.8) is 0 Å². The first-order chi connectivity index (χ1) is 9.16. The minimum absolute atomic E-state index is 1.26. The minimum Gasteiger partial charge on any atom is -0.0764 e. The zero-order chi connectivity index (χ0) is 13.7. The Morgan fingerprint density at radius 2 is 1.42 bits per heavy atom. The summed E-state index contributed by atoms with van der Waals surface area (Å²) >= 11 is 0. The van der Waals surface area contributed by atoms with Crippen molar-refractivity contribution in [1.82, 2.24) is 0 Å².